The van der Waals surface area contributed by atoms with Gasteiger partial charge in [-0.1, -0.05) is 24.7 Å². The molecule has 3 nitrogen and oxygen atoms in total. The molecule has 1 atom stereocenters. The molecular formula is C17H20FNO2. The third-order valence-corrected chi connectivity index (χ3v) is 3.44. The Labute approximate surface area is 124 Å². The average Bonchev–Trinajstić information content (AvgIpc) is 3.22. The monoisotopic (exact) mass is 289 g/mol. The topological polar surface area (TPSA) is 49.3 Å². The third-order valence-electron chi connectivity index (χ3n) is 3.44. The van der Waals surface area contributed by atoms with Gasteiger partial charge in [-0.25, -0.2) is 4.39 Å². The second-order valence-electron chi connectivity index (χ2n) is 5.52. The Balaban J connectivity index is 1.98. The number of carbonyl (C=O) groups excluding carboxylic acids is 1. The van der Waals surface area contributed by atoms with Gasteiger partial charge in [-0.2, -0.15) is 0 Å². The Hall–Kier alpha value is -1.86. The summed E-state index contributed by atoms with van der Waals surface area (Å²) in [5.74, 6) is 5.24. The van der Waals surface area contributed by atoms with E-state index in [2.05, 4.69) is 17.2 Å². The Bertz CT molecular complexity index is 570. The highest BCUT2D eigenvalue weighted by Crippen LogP contribution is 2.33. The average molecular weight is 289 g/mol. The Kier molecular flexibility index (Phi) is 5.35. The molecule has 0 heterocycles. The smallest absolute Gasteiger partial charge is 0.254 e. The van der Waals surface area contributed by atoms with Gasteiger partial charge in [0, 0.05) is 18.0 Å². The lowest BCUT2D eigenvalue weighted by Crippen LogP contribution is -2.33. The lowest BCUT2D eigenvalue weighted by molar-refractivity contribution is 0.0933. The predicted octanol–water partition coefficient (Wildman–Crippen LogP) is 2.48. The minimum atomic E-state index is -0.568. The van der Waals surface area contributed by atoms with E-state index in [0.717, 1.165) is 6.42 Å². The fourth-order valence-electron chi connectivity index (χ4n) is 2.21. The van der Waals surface area contributed by atoms with Crippen molar-refractivity contribution >= 4 is 5.91 Å². The second-order valence-corrected chi connectivity index (χ2v) is 5.52. The molecule has 1 fully saturated rings. The van der Waals surface area contributed by atoms with Gasteiger partial charge in [0.2, 0.25) is 0 Å². The molecule has 0 spiro atoms. The van der Waals surface area contributed by atoms with Crippen LogP contribution in [-0.2, 0) is 0 Å². The van der Waals surface area contributed by atoms with Gasteiger partial charge >= 0.3 is 0 Å². The molecule has 21 heavy (non-hydrogen) atoms. The summed E-state index contributed by atoms with van der Waals surface area (Å²) >= 11 is 0. The molecule has 2 N–H and O–H groups in total. The number of aliphatic hydroxyl groups is 1. The number of benzene rings is 1. The molecule has 1 aromatic carbocycles. The molecule has 112 valence electrons. The normalized spacial score (nSPS) is 15.0. The first-order chi connectivity index (χ1) is 10.1. The van der Waals surface area contributed by atoms with Crippen molar-refractivity contribution in [3.63, 3.8) is 0 Å². The maximum Gasteiger partial charge on any atom is 0.254 e. The minimum absolute atomic E-state index is 0.0190. The van der Waals surface area contributed by atoms with E-state index in [4.69, 9.17) is 5.11 Å². The number of rotatable bonds is 5. The van der Waals surface area contributed by atoms with Crippen molar-refractivity contribution in [2.75, 3.05) is 6.61 Å². The Morgan fingerprint density at radius 3 is 2.90 bits per heavy atom. The number of hydrogen-bond donors (Lipinski definition) is 2. The van der Waals surface area contributed by atoms with Crippen LogP contribution in [0.3, 0.4) is 0 Å². The fourth-order valence-corrected chi connectivity index (χ4v) is 2.21. The number of aliphatic hydroxyl groups excluding tert-OH is 1. The van der Waals surface area contributed by atoms with Crippen LogP contribution in [0.2, 0.25) is 0 Å². The summed E-state index contributed by atoms with van der Waals surface area (Å²) in [7, 11) is 0. The van der Waals surface area contributed by atoms with Crippen LogP contribution < -0.4 is 5.32 Å². The molecule has 0 bridgehead atoms. The highest BCUT2D eigenvalue weighted by Gasteiger charge is 2.24. The van der Waals surface area contributed by atoms with E-state index in [1.165, 1.54) is 25.0 Å². The number of halogens is 1. The molecule has 0 saturated heterocycles. The fraction of sp³-hybridized carbons (Fsp3) is 0.471. The largest absolute Gasteiger partial charge is 0.395 e. The maximum absolute atomic E-state index is 14.0. The Morgan fingerprint density at radius 2 is 2.29 bits per heavy atom. The predicted molar refractivity (Wildman–Crippen MR) is 79.3 cm³/mol. The number of carbonyl (C=O) groups is 1. The molecular weight excluding hydrogens is 269 g/mol. The summed E-state index contributed by atoms with van der Waals surface area (Å²) in [4.78, 5) is 12.0. The molecule has 0 radical (unpaired) electrons. The Morgan fingerprint density at radius 1 is 1.52 bits per heavy atom. The van der Waals surface area contributed by atoms with Gasteiger partial charge in [0.1, 0.15) is 5.82 Å². The van der Waals surface area contributed by atoms with Gasteiger partial charge in [0.25, 0.3) is 5.91 Å². The third kappa shape index (κ3) is 4.87. The molecule has 1 unspecified atom stereocenters. The highest BCUT2D eigenvalue weighted by molar-refractivity contribution is 5.94. The zero-order valence-corrected chi connectivity index (χ0v) is 12.2. The SMILES string of the molecule is CC(CC1CC1)NC(=O)c1ccc(C#CCCO)cc1F. The summed E-state index contributed by atoms with van der Waals surface area (Å²) in [6, 6.07) is 4.39. The van der Waals surface area contributed by atoms with Crippen molar-refractivity contribution in [3.8, 4) is 11.8 Å². The molecule has 0 aliphatic heterocycles. The van der Waals surface area contributed by atoms with Crippen molar-refractivity contribution in [1.29, 1.82) is 0 Å². The summed E-state index contributed by atoms with van der Waals surface area (Å²) in [6.07, 6.45) is 3.77. The van der Waals surface area contributed by atoms with Crippen molar-refractivity contribution in [1.82, 2.24) is 5.32 Å². The molecule has 0 aromatic heterocycles. The molecule has 4 heteroatoms. The summed E-state index contributed by atoms with van der Waals surface area (Å²) in [5.41, 5.74) is 0.550. The standard InChI is InChI=1S/C17H20FNO2/c1-12(10-14-5-6-14)19-17(21)15-8-7-13(11-16(15)18)4-2-3-9-20/h7-8,11-12,14,20H,3,5-6,9-10H2,1H3,(H,19,21). The van der Waals surface area contributed by atoms with E-state index in [0.29, 0.717) is 17.9 Å². The van der Waals surface area contributed by atoms with Crippen LogP contribution >= 0.6 is 0 Å². The number of amides is 1. The summed E-state index contributed by atoms with van der Waals surface area (Å²) in [5, 5.41) is 11.5. The van der Waals surface area contributed by atoms with E-state index < -0.39 is 5.82 Å². The first kappa shape index (κ1) is 15.5. The van der Waals surface area contributed by atoms with Gasteiger partial charge in [0.15, 0.2) is 0 Å². The van der Waals surface area contributed by atoms with Crippen LogP contribution in [0.1, 0.15) is 48.5 Å². The van der Waals surface area contributed by atoms with Crippen LogP contribution in [0.5, 0.6) is 0 Å². The second kappa shape index (κ2) is 7.24. The van der Waals surface area contributed by atoms with Crippen LogP contribution in [0.25, 0.3) is 0 Å². The lowest BCUT2D eigenvalue weighted by atomic mass is 10.1. The molecule has 1 amide bonds. The number of hydrogen-bond acceptors (Lipinski definition) is 2. The van der Waals surface area contributed by atoms with E-state index in [-0.39, 0.29) is 24.1 Å². The van der Waals surface area contributed by atoms with E-state index >= 15 is 0 Å². The van der Waals surface area contributed by atoms with Gasteiger partial charge in [-0.05, 0) is 37.5 Å². The van der Waals surface area contributed by atoms with Crippen LogP contribution in [0.15, 0.2) is 18.2 Å². The van der Waals surface area contributed by atoms with Crippen LogP contribution in [0.4, 0.5) is 4.39 Å². The lowest BCUT2D eigenvalue weighted by Gasteiger charge is -2.13. The first-order valence-electron chi connectivity index (χ1n) is 7.30. The maximum atomic E-state index is 14.0. The van der Waals surface area contributed by atoms with Gasteiger partial charge < -0.3 is 10.4 Å². The molecule has 1 saturated carbocycles. The van der Waals surface area contributed by atoms with E-state index in [1.807, 2.05) is 6.92 Å². The van der Waals surface area contributed by atoms with Crippen LogP contribution in [0, 0.1) is 23.6 Å². The van der Waals surface area contributed by atoms with Crippen molar-refractivity contribution in [2.24, 2.45) is 5.92 Å². The summed E-state index contributed by atoms with van der Waals surface area (Å²) in [6.45, 7) is 1.93. The van der Waals surface area contributed by atoms with E-state index in [1.54, 1.807) is 6.07 Å². The highest BCUT2D eigenvalue weighted by atomic mass is 19.1. The zero-order valence-electron chi connectivity index (χ0n) is 12.2. The van der Waals surface area contributed by atoms with E-state index in [9.17, 15) is 9.18 Å². The summed E-state index contributed by atoms with van der Waals surface area (Å²) < 4.78 is 14.0. The molecule has 1 aliphatic carbocycles. The molecule has 1 aromatic rings. The molecule has 1 aliphatic rings. The van der Waals surface area contributed by atoms with Gasteiger partial charge in [-0.3, -0.25) is 4.79 Å². The van der Waals surface area contributed by atoms with Crippen molar-refractivity contribution in [2.45, 2.75) is 38.6 Å². The number of nitrogens with one attached hydrogen (secondary N) is 1. The zero-order chi connectivity index (χ0) is 15.2. The van der Waals surface area contributed by atoms with Crippen LogP contribution in [-0.4, -0.2) is 23.7 Å². The van der Waals surface area contributed by atoms with Gasteiger partial charge in [0.05, 0.1) is 12.2 Å². The molecule has 2 rings (SSSR count). The van der Waals surface area contributed by atoms with Crippen molar-refractivity contribution in [3.05, 3.63) is 35.1 Å². The quantitative estimate of drug-likeness (QED) is 0.818. The minimum Gasteiger partial charge on any atom is -0.395 e. The first-order valence-corrected chi connectivity index (χ1v) is 7.30. The van der Waals surface area contributed by atoms with Gasteiger partial charge in [-0.15, -0.1) is 0 Å². The van der Waals surface area contributed by atoms with Crippen molar-refractivity contribution < 1.29 is 14.3 Å².